The highest BCUT2D eigenvalue weighted by Crippen LogP contribution is 2.24. The van der Waals surface area contributed by atoms with Gasteiger partial charge in [-0.1, -0.05) is 13.8 Å². The Morgan fingerprint density at radius 2 is 1.88 bits per heavy atom. The second-order valence-electron chi connectivity index (χ2n) is 2.31. The van der Waals surface area contributed by atoms with Crippen molar-refractivity contribution in [3.63, 3.8) is 0 Å². The third-order valence-corrected chi connectivity index (χ3v) is 2.30. The molecule has 3 heteroatoms. The molecule has 0 bridgehead atoms. The van der Waals surface area contributed by atoms with Crippen LogP contribution in [0.5, 0.6) is 0 Å². The zero-order chi connectivity index (χ0) is 6.78. The van der Waals surface area contributed by atoms with Crippen LogP contribution in [0.2, 0.25) is 0 Å². The van der Waals surface area contributed by atoms with Crippen LogP contribution >= 0.6 is 25.3 Å². The Hall–Kier alpha value is 0.370. The van der Waals surface area contributed by atoms with E-state index in [-0.39, 0.29) is 4.58 Å². The first-order valence-electron chi connectivity index (χ1n) is 2.33. The van der Waals surface area contributed by atoms with Gasteiger partial charge >= 0.3 is 0 Å². The Labute approximate surface area is 60.7 Å². The van der Waals surface area contributed by atoms with Crippen LogP contribution in [0.1, 0.15) is 13.8 Å². The summed E-state index contributed by atoms with van der Waals surface area (Å²) in [6.07, 6.45) is 0.859. The van der Waals surface area contributed by atoms with E-state index < -0.39 is 5.41 Å². The van der Waals surface area contributed by atoms with Gasteiger partial charge in [0.05, 0.1) is 4.58 Å². The molecule has 0 fully saturated rings. The molecule has 0 aliphatic carbocycles. The van der Waals surface area contributed by atoms with Gasteiger partial charge in [-0.05, 0) is 0 Å². The zero-order valence-electron chi connectivity index (χ0n) is 4.96. The number of aldehydes is 1. The Bertz CT molecular complexity index is 88.4. The fourth-order valence-corrected chi connectivity index (χ4v) is 0.183. The highest BCUT2D eigenvalue weighted by molar-refractivity contribution is 7.99. The lowest BCUT2D eigenvalue weighted by atomic mass is 9.99. The minimum Gasteiger partial charge on any atom is -0.303 e. The van der Waals surface area contributed by atoms with Gasteiger partial charge in [0.25, 0.3) is 0 Å². The predicted octanol–water partition coefficient (Wildman–Crippen LogP) is 1.40. The lowest BCUT2D eigenvalue weighted by molar-refractivity contribution is -0.113. The summed E-state index contributed by atoms with van der Waals surface area (Å²) in [5.41, 5.74) is -0.410. The van der Waals surface area contributed by atoms with Crippen molar-refractivity contribution in [3.8, 4) is 0 Å². The van der Waals surface area contributed by atoms with Gasteiger partial charge in [0, 0.05) is 5.41 Å². The molecule has 0 atom stereocenters. The largest absolute Gasteiger partial charge is 0.303 e. The Kier molecular flexibility index (Phi) is 2.91. The summed E-state index contributed by atoms with van der Waals surface area (Å²) in [6, 6.07) is 0. The SMILES string of the molecule is CC(C)(C=O)C(S)S. The third-order valence-electron chi connectivity index (χ3n) is 0.969. The summed E-state index contributed by atoms with van der Waals surface area (Å²) < 4.78 is -0.167. The smallest absolute Gasteiger partial charge is 0.127 e. The topological polar surface area (TPSA) is 17.1 Å². The van der Waals surface area contributed by atoms with Crippen LogP contribution in [0.15, 0.2) is 0 Å². The van der Waals surface area contributed by atoms with E-state index in [0.717, 1.165) is 6.29 Å². The van der Waals surface area contributed by atoms with E-state index in [1.54, 1.807) is 13.8 Å². The summed E-state index contributed by atoms with van der Waals surface area (Å²) in [4.78, 5) is 10.2. The molecule has 0 N–H and O–H groups in total. The lowest BCUT2D eigenvalue weighted by Crippen LogP contribution is -2.21. The molecule has 0 saturated heterocycles. The fraction of sp³-hybridized carbons (Fsp3) is 0.800. The molecule has 0 aromatic heterocycles. The van der Waals surface area contributed by atoms with E-state index in [4.69, 9.17) is 0 Å². The Balaban J connectivity index is 3.90. The standard InChI is InChI=1S/C5H10OS2/c1-5(2,3-6)4(7)8/h3-4,7-8H,1-2H3. The van der Waals surface area contributed by atoms with Crippen molar-refractivity contribution >= 4 is 31.5 Å². The number of rotatable bonds is 2. The number of hydrogen-bond donors (Lipinski definition) is 2. The van der Waals surface area contributed by atoms with Gasteiger partial charge in [-0.3, -0.25) is 0 Å². The molecule has 0 amide bonds. The van der Waals surface area contributed by atoms with Crippen LogP contribution in [0, 0.1) is 5.41 Å². The second kappa shape index (κ2) is 2.78. The summed E-state index contributed by atoms with van der Waals surface area (Å²) in [7, 11) is 0. The Morgan fingerprint density at radius 3 is 1.88 bits per heavy atom. The van der Waals surface area contributed by atoms with E-state index in [1.807, 2.05) is 0 Å². The fourth-order valence-electron chi connectivity index (χ4n) is 0.0609. The molecular formula is C5H10OS2. The maximum absolute atomic E-state index is 10.2. The van der Waals surface area contributed by atoms with Crippen molar-refractivity contribution in [2.75, 3.05) is 0 Å². The van der Waals surface area contributed by atoms with Crippen molar-refractivity contribution in [2.45, 2.75) is 18.4 Å². The van der Waals surface area contributed by atoms with Gasteiger partial charge < -0.3 is 4.79 Å². The average molecular weight is 150 g/mol. The van der Waals surface area contributed by atoms with E-state index in [0.29, 0.717) is 0 Å². The zero-order valence-corrected chi connectivity index (χ0v) is 6.75. The van der Waals surface area contributed by atoms with Crippen LogP contribution < -0.4 is 0 Å². The van der Waals surface area contributed by atoms with E-state index in [2.05, 4.69) is 25.3 Å². The van der Waals surface area contributed by atoms with E-state index in [9.17, 15) is 4.79 Å². The van der Waals surface area contributed by atoms with Crippen LogP contribution in [0.3, 0.4) is 0 Å². The summed E-state index contributed by atoms with van der Waals surface area (Å²) in [6.45, 7) is 3.59. The molecule has 0 aliphatic heterocycles. The predicted molar refractivity (Wildman–Crippen MR) is 41.6 cm³/mol. The average Bonchev–Trinajstić information content (AvgIpc) is 1.67. The molecule has 0 unspecified atom stereocenters. The molecule has 0 heterocycles. The van der Waals surface area contributed by atoms with Crippen molar-refractivity contribution in [1.82, 2.24) is 0 Å². The highest BCUT2D eigenvalue weighted by Gasteiger charge is 2.22. The molecule has 0 aromatic carbocycles. The van der Waals surface area contributed by atoms with Gasteiger partial charge in [-0.25, -0.2) is 0 Å². The second-order valence-corrected chi connectivity index (χ2v) is 3.75. The van der Waals surface area contributed by atoms with Crippen LogP contribution in [-0.2, 0) is 4.79 Å². The number of thiol groups is 2. The number of carbonyl (C=O) groups excluding carboxylic acids is 1. The van der Waals surface area contributed by atoms with E-state index >= 15 is 0 Å². The van der Waals surface area contributed by atoms with Crippen LogP contribution in [0.25, 0.3) is 0 Å². The minimum absolute atomic E-state index is 0.167. The molecule has 0 aliphatic rings. The first-order valence-corrected chi connectivity index (χ1v) is 3.36. The first kappa shape index (κ1) is 8.37. The van der Waals surface area contributed by atoms with Crippen LogP contribution in [0.4, 0.5) is 0 Å². The quantitative estimate of drug-likeness (QED) is 0.346. The number of carbonyl (C=O) groups is 1. The van der Waals surface area contributed by atoms with Gasteiger partial charge in [0.1, 0.15) is 6.29 Å². The van der Waals surface area contributed by atoms with Crippen LogP contribution in [-0.4, -0.2) is 10.9 Å². The summed E-state index contributed by atoms with van der Waals surface area (Å²) in [5.74, 6) is 0. The molecule has 0 spiro atoms. The third kappa shape index (κ3) is 2.09. The summed E-state index contributed by atoms with van der Waals surface area (Å²) >= 11 is 7.98. The molecule has 0 saturated carbocycles. The molecule has 8 heavy (non-hydrogen) atoms. The van der Waals surface area contributed by atoms with Gasteiger partial charge in [-0.15, -0.1) is 0 Å². The van der Waals surface area contributed by atoms with Gasteiger partial charge in [0.2, 0.25) is 0 Å². The summed E-state index contributed by atoms with van der Waals surface area (Å²) in [5, 5.41) is 0. The molecule has 0 aromatic rings. The molecule has 0 radical (unpaired) electrons. The lowest BCUT2D eigenvalue weighted by Gasteiger charge is -2.18. The highest BCUT2D eigenvalue weighted by atomic mass is 32.2. The minimum atomic E-state index is -0.410. The van der Waals surface area contributed by atoms with Crippen molar-refractivity contribution in [3.05, 3.63) is 0 Å². The molecular weight excluding hydrogens is 140 g/mol. The van der Waals surface area contributed by atoms with Crippen molar-refractivity contribution in [1.29, 1.82) is 0 Å². The molecule has 48 valence electrons. The van der Waals surface area contributed by atoms with Gasteiger partial charge in [-0.2, -0.15) is 25.3 Å². The number of hydrogen-bond acceptors (Lipinski definition) is 3. The van der Waals surface area contributed by atoms with Crippen molar-refractivity contribution in [2.24, 2.45) is 5.41 Å². The maximum atomic E-state index is 10.2. The van der Waals surface area contributed by atoms with E-state index in [1.165, 1.54) is 0 Å². The normalized spacial score (nSPS) is 12.1. The molecule has 0 rings (SSSR count). The van der Waals surface area contributed by atoms with Gasteiger partial charge in [0.15, 0.2) is 0 Å². The molecule has 1 nitrogen and oxygen atoms in total. The maximum Gasteiger partial charge on any atom is 0.127 e. The first-order chi connectivity index (χ1) is 3.50. The van der Waals surface area contributed by atoms with Crippen molar-refractivity contribution < 1.29 is 4.79 Å². The monoisotopic (exact) mass is 150 g/mol. The Morgan fingerprint density at radius 1 is 1.50 bits per heavy atom.